The lowest BCUT2D eigenvalue weighted by molar-refractivity contribution is 0.795. The summed E-state index contributed by atoms with van der Waals surface area (Å²) in [6.45, 7) is 0. The van der Waals surface area contributed by atoms with Gasteiger partial charge < -0.3 is 9.13 Å². The zero-order valence-corrected chi connectivity index (χ0v) is 37.4. The van der Waals surface area contributed by atoms with Gasteiger partial charge in [-0.1, -0.05) is 170 Å². The van der Waals surface area contributed by atoms with Gasteiger partial charge in [-0.3, -0.25) is 0 Å². The summed E-state index contributed by atoms with van der Waals surface area (Å²) in [5.74, 6) is 0.701. The monoisotopic (exact) mass is 876 g/mol. The number of rotatable bonds is 5. The van der Waals surface area contributed by atoms with Crippen molar-refractivity contribution >= 4 is 43.6 Å². The van der Waals surface area contributed by atoms with E-state index in [1.165, 1.54) is 88.1 Å². The second-order valence-corrected chi connectivity index (χ2v) is 18.5. The molecular formula is C65H40N4. The molecule has 3 aromatic heterocycles. The highest BCUT2D eigenvalue weighted by molar-refractivity contribution is 6.15. The van der Waals surface area contributed by atoms with Crippen LogP contribution in [0.25, 0.3) is 111 Å². The van der Waals surface area contributed by atoms with Crippen LogP contribution >= 0.6 is 0 Å². The van der Waals surface area contributed by atoms with E-state index in [1.807, 2.05) is 0 Å². The van der Waals surface area contributed by atoms with Gasteiger partial charge in [-0.25, -0.2) is 9.97 Å². The molecule has 1 spiro atoms. The van der Waals surface area contributed by atoms with Crippen molar-refractivity contribution in [2.45, 2.75) is 5.41 Å². The number of fused-ring (bicyclic) bond motifs is 16. The molecule has 2 aliphatic rings. The lowest BCUT2D eigenvalue weighted by Crippen LogP contribution is -2.26. The fourth-order valence-electron chi connectivity index (χ4n) is 12.0. The van der Waals surface area contributed by atoms with Crippen molar-refractivity contribution in [1.82, 2.24) is 19.1 Å². The lowest BCUT2D eigenvalue weighted by Gasteiger charge is -2.31. The summed E-state index contributed by atoms with van der Waals surface area (Å²) in [6.07, 6.45) is 0. The van der Waals surface area contributed by atoms with Crippen LogP contribution in [0.15, 0.2) is 243 Å². The Labute approximate surface area is 398 Å². The van der Waals surface area contributed by atoms with Crippen LogP contribution in [0.5, 0.6) is 0 Å². The summed E-state index contributed by atoms with van der Waals surface area (Å²) in [7, 11) is 0. The average molecular weight is 877 g/mol. The molecule has 0 fully saturated rings. The van der Waals surface area contributed by atoms with Crippen molar-refractivity contribution in [1.29, 1.82) is 0 Å². The van der Waals surface area contributed by atoms with E-state index in [2.05, 4.69) is 252 Å². The number of hydrogen-bond donors (Lipinski definition) is 0. The molecule has 0 bridgehead atoms. The Morgan fingerprint density at radius 2 is 0.710 bits per heavy atom. The van der Waals surface area contributed by atoms with Crippen LogP contribution in [0.2, 0.25) is 0 Å². The SMILES string of the molecule is c1ccc(-c2cc(-c3ccccc3)nc(-c3ccc4c(c3)-c3ccccc3C43c4cc5c(cc4-c4cc6c7ccccc7n(-c7ccccc7)c6cc43)c3ccccc3n5-c3ccccc3)n2)cc1. The Balaban J connectivity index is 1.05. The van der Waals surface area contributed by atoms with Crippen LogP contribution in [0.4, 0.5) is 0 Å². The maximum absolute atomic E-state index is 5.31. The highest BCUT2D eigenvalue weighted by Gasteiger charge is 2.52. The Morgan fingerprint density at radius 1 is 0.275 bits per heavy atom. The Morgan fingerprint density at radius 3 is 1.25 bits per heavy atom. The summed E-state index contributed by atoms with van der Waals surface area (Å²) in [5.41, 5.74) is 21.4. The quantitative estimate of drug-likeness (QED) is 0.173. The van der Waals surface area contributed by atoms with Crippen molar-refractivity contribution in [3.05, 3.63) is 265 Å². The van der Waals surface area contributed by atoms with Gasteiger partial charge in [-0.15, -0.1) is 0 Å². The highest BCUT2D eigenvalue weighted by Crippen LogP contribution is 2.64. The normalized spacial score (nSPS) is 13.0. The lowest BCUT2D eigenvalue weighted by atomic mass is 9.70. The minimum Gasteiger partial charge on any atom is -0.309 e. The molecule has 10 aromatic carbocycles. The predicted molar refractivity (Wildman–Crippen MR) is 283 cm³/mol. The maximum Gasteiger partial charge on any atom is 0.160 e. The molecule has 0 amide bonds. The molecule has 0 atom stereocenters. The number of aromatic nitrogens is 4. The predicted octanol–water partition coefficient (Wildman–Crippen LogP) is 16.0. The molecule has 0 unspecified atom stereocenters. The molecule has 0 N–H and O–H groups in total. The van der Waals surface area contributed by atoms with Gasteiger partial charge in [0, 0.05) is 49.6 Å². The summed E-state index contributed by atoms with van der Waals surface area (Å²) < 4.78 is 4.92. The Bertz CT molecular complexity index is 4000. The summed E-state index contributed by atoms with van der Waals surface area (Å²) in [5, 5.41) is 4.98. The fraction of sp³-hybridized carbons (Fsp3) is 0.0154. The first kappa shape index (κ1) is 38.0. The molecule has 13 aromatic rings. The van der Waals surface area contributed by atoms with Crippen LogP contribution in [0.3, 0.4) is 0 Å². The molecule has 0 saturated carbocycles. The van der Waals surface area contributed by atoms with Gasteiger partial charge in [-0.05, 0) is 117 Å². The van der Waals surface area contributed by atoms with Crippen molar-refractivity contribution < 1.29 is 0 Å². The molecule has 0 aliphatic heterocycles. The zero-order chi connectivity index (χ0) is 45.2. The molecule has 3 heterocycles. The number of nitrogens with zero attached hydrogens (tertiary/aromatic N) is 4. The van der Waals surface area contributed by atoms with Crippen LogP contribution in [-0.2, 0) is 5.41 Å². The van der Waals surface area contributed by atoms with Crippen LogP contribution in [0, 0.1) is 0 Å². The molecule has 4 nitrogen and oxygen atoms in total. The van der Waals surface area contributed by atoms with Crippen molar-refractivity contribution in [2.75, 3.05) is 0 Å². The van der Waals surface area contributed by atoms with Gasteiger partial charge in [0.05, 0.1) is 38.9 Å². The van der Waals surface area contributed by atoms with E-state index in [9.17, 15) is 0 Å². The van der Waals surface area contributed by atoms with E-state index in [0.29, 0.717) is 5.82 Å². The molecule has 15 rings (SSSR count). The number of para-hydroxylation sites is 4. The topological polar surface area (TPSA) is 35.6 Å². The van der Waals surface area contributed by atoms with Gasteiger partial charge in [0.1, 0.15) is 0 Å². The van der Waals surface area contributed by atoms with Gasteiger partial charge in [0.25, 0.3) is 0 Å². The van der Waals surface area contributed by atoms with E-state index < -0.39 is 5.41 Å². The Hall–Kier alpha value is -9.12. The standard InChI is InChI=1S/C65H40N4/c1-5-19-41(20-6-1)58-40-59(42-21-7-2-8-22-42)67-64(66-58)43-33-34-55-49(35-43)46-27-13-16-30-54(46)65(55)56-38-62-52(47-28-14-17-31-60(47)68(62)44-23-9-3-10-24-44)36-50(56)51-37-53-48-29-15-18-32-61(48)69(63(53)39-57(51)65)45-25-11-4-12-26-45/h1-40H. The number of hydrogen-bond acceptors (Lipinski definition) is 2. The second kappa shape index (κ2) is 14.4. The minimum absolute atomic E-state index is 0.643. The van der Waals surface area contributed by atoms with Gasteiger partial charge in [-0.2, -0.15) is 0 Å². The summed E-state index contributed by atoms with van der Waals surface area (Å²) in [6, 6.07) is 88.6. The molecule has 4 heteroatoms. The molecule has 69 heavy (non-hydrogen) atoms. The number of benzene rings is 10. The third kappa shape index (κ3) is 5.34. The smallest absolute Gasteiger partial charge is 0.160 e. The van der Waals surface area contributed by atoms with Crippen LogP contribution in [-0.4, -0.2) is 19.1 Å². The summed E-state index contributed by atoms with van der Waals surface area (Å²) in [4.78, 5) is 10.6. The third-order valence-electron chi connectivity index (χ3n) is 14.9. The minimum atomic E-state index is -0.643. The average Bonchev–Trinajstić information content (AvgIpc) is 4.11. The fourth-order valence-corrected chi connectivity index (χ4v) is 12.0. The molecule has 2 aliphatic carbocycles. The molecule has 0 radical (unpaired) electrons. The van der Waals surface area contributed by atoms with Crippen LogP contribution < -0.4 is 0 Å². The first-order valence-corrected chi connectivity index (χ1v) is 23.7. The second-order valence-electron chi connectivity index (χ2n) is 18.5. The maximum atomic E-state index is 5.31. The van der Waals surface area contributed by atoms with E-state index in [4.69, 9.17) is 9.97 Å². The zero-order valence-electron chi connectivity index (χ0n) is 37.4. The highest BCUT2D eigenvalue weighted by atomic mass is 15.0. The van der Waals surface area contributed by atoms with E-state index in [0.717, 1.165) is 39.5 Å². The summed E-state index contributed by atoms with van der Waals surface area (Å²) >= 11 is 0. The molecule has 320 valence electrons. The first-order valence-electron chi connectivity index (χ1n) is 23.7. The molecular weight excluding hydrogens is 837 g/mol. The molecule has 0 saturated heterocycles. The van der Waals surface area contributed by atoms with Gasteiger partial charge in [0.2, 0.25) is 0 Å². The Kier molecular flexibility index (Phi) is 7.96. The van der Waals surface area contributed by atoms with Crippen molar-refractivity contribution in [3.8, 4) is 67.5 Å². The van der Waals surface area contributed by atoms with Gasteiger partial charge >= 0.3 is 0 Å². The largest absolute Gasteiger partial charge is 0.309 e. The van der Waals surface area contributed by atoms with Gasteiger partial charge in [0.15, 0.2) is 5.82 Å². The third-order valence-corrected chi connectivity index (χ3v) is 14.9. The van der Waals surface area contributed by atoms with Crippen molar-refractivity contribution in [3.63, 3.8) is 0 Å². The first-order chi connectivity index (χ1) is 34.2. The van der Waals surface area contributed by atoms with E-state index in [-0.39, 0.29) is 0 Å². The van der Waals surface area contributed by atoms with E-state index >= 15 is 0 Å². The van der Waals surface area contributed by atoms with Crippen molar-refractivity contribution in [2.24, 2.45) is 0 Å². The van der Waals surface area contributed by atoms with Crippen LogP contribution in [0.1, 0.15) is 22.3 Å². The van der Waals surface area contributed by atoms with E-state index in [1.54, 1.807) is 0 Å².